The maximum absolute atomic E-state index is 5.83. The van der Waals surface area contributed by atoms with E-state index in [0.29, 0.717) is 6.04 Å². The van der Waals surface area contributed by atoms with E-state index in [2.05, 4.69) is 10.3 Å². The Kier molecular flexibility index (Phi) is 2.17. The fourth-order valence-corrected chi connectivity index (χ4v) is 3.15. The van der Waals surface area contributed by atoms with Gasteiger partial charge in [-0.15, -0.1) is 0 Å². The third-order valence-corrected chi connectivity index (χ3v) is 4.39. The molecule has 0 radical (unpaired) electrons. The van der Waals surface area contributed by atoms with Crippen molar-refractivity contribution in [2.75, 3.05) is 5.32 Å². The molecule has 3 rings (SSSR count). The van der Waals surface area contributed by atoms with E-state index in [1.54, 1.807) is 17.5 Å². The van der Waals surface area contributed by atoms with E-state index in [-0.39, 0.29) is 0 Å². The third kappa shape index (κ3) is 1.63. The van der Waals surface area contributed by atoms with Crippen LogP contribution in [0.25, 0.3) is 0 Å². The van der Waals surface area contributed by atoms with Crippen molar-refractivity contribution in [3.8, 4) is 0 Å². The minimum absolute atomic E-state index is 0.671. The van der Waals surface area contributed by atoms with Gasteiger partial charge < -0.3 is 5.32 Å². The first-order chi connectivity index (χ1) is 6.83. The SMILES string of the molecule is Clc1cnc(NC2CCC2C2CC2)s1. The van der Waals surface area contributed by atoms with Crippen LogP contribution in [0.2, 0.25) is 4.34 Å². The number of anilines is 1. The van der Waals surface area contributed by atoms with Crippen molar-refractivity contribution in [1.29, 1.82) is 0 Å². The maximum Gasteiger partial charge on any atom is 0.184 e. The number of hydrogen-bond donors (Lipinski definition) is 1. The molecule has 2 atom stereocenters. The number of hydrogen-bond acceptors (Lipinski definition) is 3. The molecule has 14 heavy (non-hydrogen) atoms. The molecule has 0 aromatic carbocycles. The molecule has 1 aromatic heterocycles. The molecular formula is C10H13ClN2S. The topological polar surface area (TPSA) is 24.9 Å². The summed E-state index contributed by atoms with van der Waals surface area (Å²) in [6.45, 7) is 0. The molecule has 0 saturated heterocycles. The molecule has 2 aliphatic rings. The first-order valence-corrected chi connectivity index (χ1v) is 6.40. The number of nitrogens with zero attached hydrogens (tertiary/aromatic N) is 1. The Morgan fingerprint density at radius 3 is 2.71 bits per heavy atom. The lowest BCUT2D eigenvalue weighted by Crippen LogP contribution is -2.39. The summed E-state index contributed by atoms with van der Waals surface area (Å²) in [5, 5.41) is 4.48. The lowest BCUT2D eigenvalue weighted by atomic mass is 9.76. The Hall–Kier alpha value is -0.280. The van der Waals surface area contributed by atoms with E-state index in [0.717, 1.165) is 21.3 Å². The second kappa shape index (κ2) is 3.38. The summed E-state index contributed by atoms with van der Waals surface area (Å²) in [5.74, 6) is 1.93. The minimum atomic E-state index is 0.671. The number of halogens is 1. The van der Waals surface area contributed by atoms with E-state index in [4.69, 9.17) is 11.6 Å². The summed E-state index contributed by atoms with van der Waals surface area (Å²) in [6.07, 6.45) is 7.32. The van der Waals surface area contributed by atoms with Crippen LogP contribution >= 0.6 is 22.9 Å². The molecular weight excluding hydrogens is 216 g/mol. The molecule has 2 fully saturated rings. The molecule has 0 spiro atoms. The van der Waals surface area contributed by atoms with Gasteiger partial charge in [0.2, 0.25) is 0 Å². The highest BCUT2D eigenvalue weighted by Crippen LogP contribution is 2.47. The molecule has 1 heterocycles. The Morgan fingerprint density at radius 2 is 2.21 bits per heavy atom. The van der Waals surface area contributed by atoms with Gasteiger partial charge in [-0.25, -0.2) is 4.98 Å². The van der Waals surface area contributed by atoms with Crippen molar-refractivity contribution >= 4 is 28.1 Å². The number of nitrogens with one attached hydrogen (secondary N) is 1. The molecule has 76 valence electrons. The van der Waals surface area contributed by atoms with Crippen LogP contribution in [0.4, 0.5) is 5.13 Å². The zero-order valence-electron chi connectivity index (χ0n) is 7.87. The lowest BCUT2D eigenvalue weighted by molar-refractivity contribution is 0.243. The molecule has 0 aliphatic heterocycles. The van der Waals surface area contributed by atoms with Crippen LogP contribution in [0.15, 0.2) is 6.20 Å². The standard InChI is InChI=1S/C10H13ClN2S/c11-9-5-12-10(14-9)13-8-4-3-7(8)6-1-2-6/h5-8H,1-4H2,(H,12,13). The van der Waals surface area contributed by atoms with Crippen molar-refractivity contribution in [2.45, 2.75) is 31.7 Å². The average Bonchev–Trinajstić information content (AvgIpc) is 2.84. The van der Waals surface area contributed by atoms with Gasteiger partial charge in [0.05, 0.1) is 6.20 Å². The smallest absolute Gasteiger partial charge is 0.184 e. The summed E-state index contributed by atoms with van der Waals surface area (Å²) >= 11 is 7.38. The zero-order valence-corrected chi connectivity index (χ0v) is 9.44. The zero-order chi connectivity index (χ0) is 9.54. The number of thiazole rings is 1. The van der Waals surface area contributed by atoms with Crippen LogP contribution in [-0.4, -0.2) is 11.0 Å². The number of aromatic nitrogens is 1. The molecule has 2 saturated carbocycles. The molecule has 0 amide bonds. The highest BCUT2D eigenvalue weighted by molar-refractivity contribution is 7.19. The van der Waals surface area contributed by atoms with Crippen LogP contribution in [0.3, 0.4) is 0 Å². The van der Waals surface area contributed by atoms with Crippen LogP contribution < -0.4 is 5.32 Å². The van der Waals surface area contributed by atoms with Gasteiger partial charge in [-0.05, 0) is 37.5 Å². The van der Waals surface area contributed by atoms with Crippen LogP contribution in [-0.2, 0) is 0 Å². The summed E-state index contributed by atoms with van der Waals surface area (Å²) in [6, 6.07) is 0.671. The first-order valence-electron chi connectivity index (χ1n) is 5.21. The molecule has 1 aromatic rings. The fourth-order valence-electron chi connectivity index (χ4n) is 2.27. The van der Waals surface area contributed by atoms with Crippen LogP contribution in [0.1, 0.15) is 25.7 Å². The first kappa shape index (κ1) is 8.98. The van der Waals surface area contributed by atoms with Crippen molar-refractivity contribution in [3.63, 3.8) is 0 Å². The van der Waals surface area contributed by atoms with Gasteiger partial charge in [-0.3, -0.25) is 0 Å². The quantitative estimate of drug-likeness (QED) is 0.858. The van der Waals surface area contributed by atoms with Crippen molar-refractivity contribution < 1.29 is 0 Å². The van der Waals surface area contributed by atoms with Gasteiger partial charge in [0.15, 0.2) is 5.13 Å². The second-order valence-electron chi connectivity index (χ2n) is 4.30. The van der Waals surface area contributed by atoms with Gasteiger partial charge in [-0.1, -0.05) is 22.9 Å². The third-order valence-electron chi connectivity index (χ3n) is 3.34. The van der Waals surface area contributed by atoms with E-state index >= 15 is 0 Å². The Labute approximate surface area is 92.7 Å². The van der Waals surface area contributed by atoms with E-state index in [1.807, 2.05) is 0 Å². The Balaban J connectivity index is 1.61. The Bertz CT molecular complexity index is 335. The molecule has 2 aliphatic carbocycles. The normalized spacial score (nSPS) is 31.2. The second-order valence-corrected chi connectivity index (χ2v) is 5.96. The lowest BCUT2D eigenvalue weighted by Gasteiger charge is -2.37. The highest BCUT2D eigenvalue weighted by Gasteiger charge is 2.42. The van der Waals surface area contributed by atoms with Gasteiger partial charge in [0.25, 0.3) is 0 Å². The van der Waals surface area contributed by atoms with Gasteiger partial charge in [-0.2, -0.15) is 0 Å². The van der Waals surface area contributed by atoms with Gasteiger partial charge >= 0.3 is 0 Å². The molecule has 2 nitrogen and oxygen atoms in total. The summed E-state index contributed by atoms with van der Waals surface area (Å²) in [4.78, 5) is 4.23. The summed E-state index contributed by atoms with van der Waals surface area (Å²) < 4.78 is 0.773. The van der Waals surface area contributed by atoms with Crippen molar-refractivity contribution in [3.05, 3.63) is 10.5 Å². The molecule has 1 N–H and O–H groups in total. The molecule has 0 bridgehead atoms. The van der Waals surface area contributed by atoms with Crippen LogP contribution in [0, 0.1) is 11.8 Å². The highest BCUT2D eigenvalue weighted by atomic mass is 35.5. The summed E-state index contributed by atoms with van der Waals surface area (Å²) in [7, 11) is 0. The van der Waals surface area contributed by atoms with Gasteiger partial charge in [0.1, 0.15) is 4.34 Å². The largest absolute Gasteiger partial charge is 0.358 e. The fraction of sp³-hybridized carbons (Fsp3) is 0.700. The monoisotopic (exact) mass is 228 g/mol. The molecule has 4 heteroatoms. The minimum Gasteiger partial charge on any atom is -0.358 e. The van der Waals surface area contributed by atoms with Gasteiger partial charge in [0, 0.05) is 6.04 Å². The van der Waals surface area contributed by atoms with E-state index < -0.39 is 0 Å². The van der Waals surface area contributed by atoms with Crippen LogP contribution in [0.5, 0.6) is 0 Å². The predicted octanol–water partition coefficient (Wildman–Crippen LogP) is 3.40. The summed E-state index contributed by atoms with van der Waals surface area (Å²) in [5.41, 5.74) is 0. The van der Waals surface area contributed by atoms with E-state index in [9.17, 15) is 0 Å². The van der Waals surface area contributed by atoms with E-state index in [1.165, 1.54) is 25.7 Å². The van der Waals surface area contributed by atoms with Crippen molar-refractivity contribution in [1.82, 2.24) is 4.98 Å². The van der Waals surface area contributed by atoms with Crippen molar-refractivity contribution in [2.24, 2.45) is 11.8 Å². The Morgan fingerprint density at radius 1 is 1.36 bits per heavy atom. The molecule has 2 unspecified atom stereocenters. The average molecular weight is 229 g/mol. The predicted molar refractivity (Wildman–Crippen MR) is 60.0 cm³/mol. The number of rotatable bonds is 3. The maximum atomic E-state index is 5.83.